The highest BCUT2D eigenvalue weighted by Gasteiger charge is 2.18. The van der Waals surface area contributed by atoms with E-state index in [-0.39, 0.29) is 0 Å². The van der Waals surface area contributed by atoms with Crippen molar-refractivity contribution >= 4 is 17.3 Å². The van der Waals surface area contributed by atoms with Crippen LogP contribution in [0.25, 0.3) is 5.65 Å². The minimum absolute atomic E-state index is 0.328. The van der Waals surface area contributed by atoms with Gasteiger partial charge < -0.3 is 15.4 Å². The SMILES string of the molecule is Cc1cc(Cc2cnc3c(N)nc(OCC4CCCCC4)nn23)cnc1N1CCCCC1. The van der Waals surface area contributed by atoms with Crippen LogP contribution in [0.5, 0.6) is 6.01 Å². The molecular formula is C24H33N7O. The molecule has 2 aliphatic rings. The number of pyridine rings is 1. The van der Waals surface area contributed by atoms with E-state index in [9.17, 15) is 0 Å². The van der Waals surface area contributed by atoms with Crippen molar-refractivity contribution in [3.8, 4) is 6.01 Å². The van der Waals surface area contributed by atoms with Crippen LogP contribution >= 0.6 is 0 Å². The van der Waals surface area contributed by atoms with Gasteiger partial charge in [0.25, 0.3) is 0 Å². The summed E-state index contributed by atoms with van der Waals surface area (Å²) in [5, 5.41) is 4.60. The zero-order chi connectivity index (χ0) is 21.9. The number of ether oxygens (including phenoxy) is 1. The average molecular weight is 436 g/mol. The molecule has 0 amide bonds. The van der Waals surface area contributed by atoms with Gasteiger partial charge in [-0.3, -0.25) is 0 Å². The molecule has 0 radical (unpaired) electrons. The lowest BCUT2D eigenvalue weighted by atomic mass is 9.90. The molecule has 32 heavy (non-hydrogen) atoms. The first kappa shape index (κ1) is 21.0. The van der Waals surface area contributed by atoms with Crippen molar-refractivity contribution in [1.29, 1.82) is 0 Å². The molecule has 8 heteroatoms. The number of piperidine rings is 1. The Labute approximate surface area is 189 Å². The molecule has 0 aromatic carbocycles. The molecule has 1 saturated carbocycles. The van der Waals surface area contributed by atoms with Gasteiger partial charge >= 0.3 is 6.01 Å². The maximum absolute atomic E-state index is 6.17. The molecule has 8 nitrogen and oxygen atoms in total. The van der Waals surface area contributed by atoms with Crippen molar-refractivity contribution in [3.63, 3.8) is 0 Å². The van der Waals surface area contributed by atoms with Crippen LogP contribution in [0.2, 0.25) is 0 Å². The molecule has 4 heterocycles. The van der Waals surface area contributed by atoms with Crippen LogP contribution in [0.15, 0.2) is 18.5 Å². The van der Waals surface area contributed by atoms with Crippen molar-refractivity contribution in [2.24, 2.45) is 5.92 Å². The number of hydrogen-bond acceptors (Lipinski definition) is 7. The van der Waals surface area contributed by atoms with E-state index in [4.69, 9.17) is 15.5 Å². The van der Waals surface area contributed by atoms with E-state index in [1.807, 2.05) is 12.4 Å². The summed E-state index contributed by atoms with van der Waals surface area (Å²) in [6.07, 6.45) is 14.6. The maximum Gasteiger partial charge on any atom is 0.336 e. The van der Waals surface area contributed by atoms with Crippen molar-refractivity contribution in [1.82, 2.24) is 24.6 Å². The molecule has 170 valence electrons. The van der Waals surface area contributed by atoms with Gasteiger partial charge in [0.2, 0.25) is 0 Å². The van der Waals surface area contributed by atoms with E-state index in [1.165, 1.54) is 56.9 Å². The molecule has 1 aliphatic carbocycles. The predicted octanol–water partition coefficient (Wildman–Crippen LogP) is 3.95. The van der Waals surface area contributed by atoms with Crippen LogP contribution in [-0.4, -0.2) is 44.3 Å². The summed E-state index contributed by atoms with van der Waals surface area (Å²) in [6.45, 7) is 4.99. The van der Waals surface area contributed by atoms with Gasteiger partial charge in [0, 0.05) is 25.7 Å². The molecule has 1 aliphatic heterocycles. The predicted molar refractivity (Wildman–Crippen MR) is 125 cm³/mol. The van der Waals surface area contributed by atoms with Gasteiger partial charge in [-0.25, -0.2) is 14.5 Å². The fraction of sp³-hybridized carbons (Fsp3) is 0.583. The Morgan fingerprint density at radius 2 is 1.81 bits per heavy atom. The van der Waals surface area contributed by atoms with Gasteiger partial charge in [0.05, 0.1) is 18.5 Å². The van der Waals surface area contributed by atoms with E-state index in [2.05, 4.69) is 33.0 Å². The number of nitrogen functional groups attached to an aromatic ring is 1. The molecule has 3 aromatic heterocycles. The third kappa shape index (κ3) is 4.49. The van der Waals surface area contributed by atoms with E-state index in [1.54, 1.807) is 4.52 Å². The van der Waals surface area contributed by atoms with Gasteiger partial charge in [-0.15, -0.1) is 5.10 Å². The number of aromatic nitrogens is 5. The Morgan fingerprint density at radius 3 is 2.59 bits per heavy atom. The zero-order valence-electron chi connectivity index (χ0n) is 19.0. The molecule has 0 bridgehead atoms. The Morgan fingerprint density at radius 1 is 1.03 bits per heavy atom. The largest absolute Gasteiger partial charge is 0.462 e. The minimum Gasteiger partial charge on any atom is -0.462 e. The second-order valence-electron chi connectivity index (χ2n) is 9.29. The van der Waals surface area contributed by atoms with Crippen LogP contribution in [-0.2, 0) is 6.42 Å². The Balaban J connectivity index is 1.33. The summed E-state index contributed by atoms with van der Waals surface area (Å²) >= 11 is 0. The maximum atomic E-state index is 6.17. The van der Waals surface area contributed by atoms with Crippen LogP contribution in [0, 0.1) is 12.8 Å². The van der Waals surface area contributed by atoms with Crippen LogP contribution in [0.3, 0.4) is 0 Å². The molecule has 5 rings (SSSR count). The number of imidazole rings is 1. The number of anilines is 2. The van der Waals surface area contributed by atoms with Gasteiger partial charge in [-0.2, -0.15) is 4.98 Å². The number of fused-ring (bicyclic) bond motifs is 1. The number of aryl methyl sites for hydroxylation is 1. The van der Waals surface area contributed by atoms with Crippen molar-refractivity contribution in [2.75, 3.05) is 30.3 Å². The van der Waals surface area contributed by atoms with Crippen molar-refractivity contribution in [3.05, 3.63) is 35.3 Å². The summed E-state index contributed by atoms with van der Waals surface area (Å²) in [5.41, 5.74) is 10.0. The van der Waals surface area contributed by atoms with Crippen LogP contribution in [0.1, 0.15) is 68.2 Å². The summed E-state index contributed by atoms with van der Waals surface area (Å²) in [5.74, 6) is 2.04. The topological polar surface area (TPSA) is 94.5 Å². The minimum atomic E-state index is 0.328. The summed E-state index contributed by atoms with van der Waals surface area (Å²) in [6, 6.07) is 2.55. The smallest absolute Gasteiger partial charge is 0.336 e. The Hall–Kier alpha value is -2.90. The molecule has 0 unspecified atom stereocenters. The Bertz CT molecular complexity index is 1070. The van der Waals surface area contributed by atoms with Gasteiger partial charge in [0.15, 0.2) is 11.5 Å². The van der Waals surface area contributed by atoms with Gasteiger partial charge in [0.1, 0.15) is 5.82 Å². The third-order valence-corrected chi connectivity index (χ3v) is 6.76. The lowest BCUT2D eigenvalue weighted by Gasteiger charge is -2.29. The lowest BCUT2D eigenvalue weighted by molar-refractivity contribution is 0.194. The fourth-order valence-electron chi connectivity index (χ4n) is 5.02. The fourth-order valence-corrected chi connectivity index (χ4v) is 5.02. The number of hydrogen-bond donors (Lipinski definition) is 1. The second-order valence-corrected chi connectivity index (χ2v) is 9.29. The number of rotatable bonds is 6. The first-order chi connectivity index (χ1) is 15.7. The lowest BCUT2D eigenvalue weighted by Crippen LogP contribution is -2.30. The molecule has 1 saturated heterocycles. The first-order valence-electron chi connectivity index (χ1n) is 12.0. The molecule has 2 fully saturated rings. The van der Waals surface area contributed by atoms with Crippen LogP contribution < -0.4 is 15.4 Å². The molecule has 0 atom stereocenters. The molecule has 2 N–H and O–H groups in total. The van der Waals surface area contributed by atoms with Crippen molar-refractivity contribution < 1.29 is 4.74 Å². The summed E-state index contributed by atoms with van der Waals surface area (Å²) < 4.78 is 7.71. The normalized spacial score (nSPS) is 17.7. The number of nitrogens with zero attached hydrogens (tertiary/aromatic N) is 6. The molecule has 0 spiro atoms. The standard InChI is InChI=1S/C24H33N7O/c1-17-12-19(14-26-22(17)30-10-6-3-7-11-30)13-20-15-27-23-21(25)28-24(29-31(20)23)32-16-18-8-4-2-5-9-18/h12,14-15,18H,2-11,13,16H2,1H3,(H2,25,28,29). The monoisotopic (exact) mass is 435 g/mol. The van der Waals surface area contributed by atoms with E-state index < -0.39 is 0 Å². The van der Waals surface area contributed by atoms with E-state index >= 15 is 0 Å². The van der Waals surface area contributed by atoms with E-state index in [0.29, 0.717) is 36.4 Å². The molecule has 3 aromatic rings. The highest BCUT2D eigenvalue weighted by Crippen LogP contribution is 2.25. The highest BCUT2D eigenvalue weighted by atomic mass is 16.5. The summed E-state index contributed by atoms with van der Waals surface area (Å²) in [4.78, 5) is 16.0. The number of nitrogens with two attached hydrogens (primary N) is 1. The van der Waals surface area contributed by atoms with Gasteiger partial charge in [-0.1, -0.05) is 25.3 Å². The quantitative estimate of drug-likeness (QED) is 0.626. The average Bonchev–Trinajstić information content (AvgIpc) is 3.22. The molecular weight excluding hydrogens is 402 g/mol. The van der Waals surface area contributed by atoms with Crippen LogP contribution in [0.4, 0.5) is 11.6 Å². The van der Waals surface area contributed by atoms with Crippen molar-refractivity contribution in [2.45, 2.75) is 64.7 Å². The zero-order valence-corrected chi connectivity index (χ0v) is 19.0. The third-order valence-electron chi connectivity index (χ3n) is 6.76. The second kappa shape index (κ2) is 9.30. The first-order valence-corrected chi connectivity index (χ1v) is 12.0. The Kier molecular flexibility index (Phi) is 6.10. The van der Waals surface area contributed by atoms with E-state index in [0.717, 1.165) is 30.2 Å². The summed E-state index contributed by atoms with van der Waals surface area (Å²) in [7, 11) is 0. The van der Waals surface area contributed by atoms with Gasteiger partial charge in [-0.05, 0) is 56.1 Å². The highest BCUT2D eigenvalue weighted by molar-refractivity contribution is 5.60.